The SMILES string of the molecule is O=Cc1noc(C(F)(F)F)c1Cl. The molecule has 7 heteroatoms. The minimum absolute atomic E-state index is 0.0844. The van der Waals surface area contributed by atoms with Crippen molar-refractivity contribution in [2.24, 2.45) is 0 Å². The van der Waals surface area contributed by atoms with Crippen LogP contribution in [0.3, 0.4) is 0 Å². The fourth-order valence-electron chi connectivity index (χ4n) is 0.541. The fourth-order valence-corrected chi connectivity index (χ4v) is 0.761. The lowest BCUT2D eigenvalue weighted by molar-refractivity contribution is -0.155. The smallest absolute Gasteiger partial charge is 0.349 e. The third kappa shape index (κ3) is 1.42. The van der Waals surface area contributed by atoms with Crippen LogP contribution in [0.15, 0.2) is 4.52 Å². The van der Waals surface area contributed by atoms with E-state index in [-0.39, 0.29) is 6.29 Å². The number of hydrogen-bond acceptors (Lipinski definition) is 3. The fraction of sp³-hybridized carbons (Fsp3) is 0.200. The highest BCUT2D eigenvalue weighted by Crippen LogP contribution is 2.35. The Bertz CT molecular complexity index is 306. The molecule has 3 nitrogen and oxygen atoms in total. The Hall–Kier alpha value is -1.04. The zero-order valence-corrected chi connectivity index (χ0v) is 6.11. The number of nitrogens with zero attached hydrogens (tertiary/aromatic N) is 1. The third-order valence-electron chi connectivity index (χ3n) is 1.03. The molecule has 0 aliphatic rings. The summed E-state index contributed by atoms with van der Waals surface area (Å²) in [6.07, 6.45) is -4.63. The van der Waals surface area contributed by atoms with Crippen LogP contribution in [-0.4, -0.2) is 11.4 Å². The van der Waals surface area contributed by atoms with Crippen LogP contribution in [0.1, 0.15) is 16.2 Å². The second-order valence-corrected chi connectivity index (χ2v) is 2.20. The van der Waals surface area contributed by atoms with Gasteiger partial charge in [-0.05, 0) is 0 Å². The van der Waals surface area contributed by atoms with Gasteiger partial charge in [0.1, 0.15) is 5.02 Å². The predicted octanol–water partition coefficient (Wildman–Crippen LogP) is 2.16. The Morgan fingerprint density at radius 1 is 1.50 bits per heavy atom. The van der Waals surface area contributed by atoms with Gasteiger partial charge >= 0.3 is 6.18 Å². The topological polar surface area (TPSA) is 43.1 Å². The average molecular weight is 200 g/mol. The maximum absolute atomic E-state index is 11.9. The zero-order chi connectivity index (χ0) is 9.35. The van der Waals surface area contributed by atoms with Crippen molar-refractivity contribution in [3.8, 4) is 0 Å². The van der Waals surface area contributed by atoms with E-state index in [1.165, 1.54) is 0 Å². The molecule has 0 atom stereocenters. The molecule has 0 N–H and O–H groups in total. The third-order valence-corrected chi connectivity index (χ3v) is 1.39. The minimum atomic E-state index is -4.72. The van der Waals surface area contributed by atoms with E-state index in [9.17, 15) is 18.0 Å². The number of alkyl halides is 3. The first kappa shape index (κ1) is 9.05. The zero-order valence-electron chi connectivity index (χ0n) is 5.35. The first-order valence-corrected chi connectivity index (χ1v) is 3.02. The van der Waals surface area contributed by atoms with Crippen LogP contribution in [0.4, 0.5) is 13.2 Å². The van der Waals surface area contributed by atoms with Crippen LogP contribution in [0, 0.1) is 0 Å². The van der Waals surface area contributed by atoms with E-state index in [1.807, 2.05) is 0 Å². The molecule has 1 heterocycles. The summed E-state index contributed by atoms with van der Waals surface area (Å²) in [6.45, 7) is 0. The summed E-state index contributed by atoms with van der Waals surface area (Å²) in [5.74, 6) is -1.45. The number of carbonyl (C=O) groups excluding carboxylic acids is 1. The van der Waals surface area contributed by atoms with Crippen molar-refractivity contribution in [2.45, 2.75) is 6.18 Å². The standard InChI is InChI=1S/C5HClF3NO2/c6-3-2(1-11)10-12-4(3)5(7,8)9/h1H. The van der Waals surface area contributed by atoms with Crippen LogP contribution in [0.2, 0.25) is 5.02 Å². The van der Waals surface area contributed by atoms with E-state index in [1.54, 1.807) is 0 Å². The molecule has 0 aliphatic heterocycles. The summed E-state index contributed by atoms with van der Waals surface area (Å²) >= 11 is 5.10. The van der Waals surface area contributed by atoms with Crippen molar-refractivity contribution in [3.05, 3.63) is 16.5 Å². The number of aldehydes is 1. The quantitative estimate of drug-likeness (QED) is 0.651. The molecular formula is C5HClF3NO2. The van der Waals surface area contributed by atoms with Gasteiger partial charge in [0.15, 0.2) is 12.0 Å². The largest absolute Gasteiger partial charge is 0.454 e. The van der Waals surface area contributed by atoms with Crippen molar-refractivity contribution < 1.29 is 22.5 Å². The molecule has 0 aromatic carbocycles. The summed E-state index contributed by atoms with van der Waals surface area (Å²) in [5.41, 5.74) is -0.552. The summed E-state index contributed by atoms with van der Waals surface area (Å²) in [7, 11) is 0. The number of rotatable bonds is 1. The molecule has 1 aromatic heterocycles. The van der Waals surface area contributed by atoms with Crippen molar-refractivity contribution in [2.75, 3.05) is 0 Å². The van der Waals surface area contributed by atoms with Crippen LogP contribution in [-0.2, 0) is 6.18 Å². The van der Waals surface area contributed by atoms with Gasteiger partial charge in [0.05, 0.1) is 0 Å². The van der Waals surface area contributed by atoms with E-state index >= 15 is 0 Å². The number of aromatic nitrogens is 1. The van der Waals surface area contributed by atoms with E-state index in [4.69, 9.17) is 11.6 Å². The molecule has 1 rings (SSSR count). The lowest BCUT2D eigenvalue weighted by Gasteiger charge is -1.99. The monoisotopic (exact) mass is 199 g/mol. The minimum Gasteiger partial charge on any atom is -0.349 e. The molecule has 0 amide bonds. The number of hydrogen-bond donors (Lipinski definition) is 0. The van der Waals surface area contributed by atoms with E-state index in [0.717, 1.165) is 0 Å². The Morgan fingerprint density at radius 3 is 2.33 bits per heavy atom. The van der Waals surface area contributed by atoms with Crippen LogP contribution >= 0.6 is 11.6 Å². The van der Waals surface area contributed by atoms with Gasteiger partial charge in [0.2, 0.25) is 0 Å². The van der Waals surface area contributed by atoms with Crippen LogP contribution < -0.4 is 0 Å². The second kappa shape index (κ2) is 2.78. The molecular weight excluding hydrogens is 199 g/mol. The normalized spacial score (nSPS) is 11.7. The lowest BCUT2D eigenvalue weighted by atomic mass is 10.4. The molecule has 0 unspecified atom stereocenters. The predicted molar refractivity (Wildman–Crippen MR) is 31.9 cm³/mol. The van der Waals surface area contributed by atoms with Gasteiger partial charge in [0.25, 0.3) is 5.76 Å². The van der Waals surface area contributed by atoms with Crippen LogP contribution in [0.5, 0.6) is 0 Å². The molecule has 0 bridgehead atoms. The number of carbonyl (C=O) groups is 1. The van der Waals surface area contributed by atoms with E-state index in [2.05, 4.69) is 9.68 Å². The molecule has 0 spiro atoms. The summed E-state index contributed by atoms with van der Waals surface area (Å²) in [4.78, 5) is 9.99. The molecule has 0 aliphatic carbocycles. The van der Waals surface area contributed by atoms with Crippen LogP contribution in [0.25, 0.3) is 0 Å². The molecule has 12 heavy (non-hydrogen) atoms. The molecule has 1 aromatic rings. The van der Waals surface area contributed by atoms with Gasteiger partial charge < -0.3 is 4.52 Å². The van der Waals surface area contributed by atoms with Gasteiger partial charge in [-0.2, -0.15) is 13.2 Å². The maximum Gasteiger partial charge on any atom is 0.454 e. The van der Waals surface area contributed by atoms with Crippen molar-refractivity contribution in [3.63, 3.8) is 0 Å². The van der Waals surface area contributed by atoms with Gasteiger partial charge in [-0.25, -0.2) is 0 Å². The molecule has 0 saturated heterocycles. The van der Waals surface area contributed by atoms with Gasteiger partial charge in [0, 0.05) is 0 Å². The molecule has 0 radical (unpaired) electrons. The summed E-state index contributed by atoms with van der Waals surface area (Å²) in [6, 6.07) is 0. The van der Waals surface area contributed by atoms with E-state index in [0.29, 0.717) is 0 Å². The van der Waals surface area contributed by atoms with Gasteiger partial charge in [-0.15, -0.1) is 0 Å². The summed E-state index contributed by atoms with van der Waals surface area (Å²) < 4.78 is 39.4. The molecule has 0 fully saturated rings. The Balaban J connectivity index is 3.19. The Labute approximate surface area is 69.1 Å². The van der Waals surface area contributed by atoms with Crippen molar-refractivity contribution in [1.82, 2.24) is 5.16 Å². The number of halogens is 4. The lowest BCUT2D eigenvalue weighted by Crippen LogP contribution is -2.03. The van der Waals surface area contributed by atoms with Gasteiger partial charge in [-0.3, -0.25) is 4.79 Å². The first-order valence-electron chi connectivity index (χ1n) is 2.64. The average Bonchev–Trinajstić information content (AvgIpc) is 2.29. The van der Waals surface area contributed by atoms with Gasteiger partial charge in [-0.1, -0.05) is 16.8 Å². The first-order chi connectivity index (χ1) is 5.46. The van der Waals surface area contributed by atoms with Crippen molar-refractivity contribution in [1.29, 1.82) is 0 Å². The Morgan fingerprint density at radius 2 is 2.08 bits per heavy atom. The Kier molecular flexibility index (Phi) is 2.10. The maximum atomic E-state index is 11.9. The van der Waals surface area contributed by atoms with E-state index < -0.39 is 22.7 Å². The second-order valence-electron chi connectivity index (χ2n) is 1.83. The highest BCUT2D eigenvalue weighted by atomic mass is 35.5. The molecule has 66 valence electrons. The highest BCUT2D eigenvalue weighted by Gasteiger charge is 2.39. The highest BCUT2D eigenvalue weighted by molar-refractivity contribution is 6.33. The van der Waals surface area contributed by atoms with Crippen molar-refractivity contribution >= 4 is 17.9 Å². The summed E-state index contributed by atoms with van der Waals surface area (Å²) in [5, 5.41) is 2.00. The molecule has 0 saturated carbocycles.